The molecule has 1 amide bonds. The van der Waals surface area contributed by atoms with E-state index in [0.29, 0.717) is 32.0 Å². The number of hydrogen-bond donors (Lipinski definition) is 2. The van der Waals surface area contributed by atoms with Gasteiger partial charge in [-0.1, -0.05) is 38.1 Å². The van der Waals surface area contributed by atoms with Gasteiger partial charge in [0, 0.05) is 25.2 Å². The third-order valence-corrected chi connectivity index (χ3v) is 4.63. The lowest BCUT2D eigenvalue weighted by Crippen LogP contribution is -2.59. The predicted molar refractivity (Wildman–Crippen MR) is 97.9 cm³/mol. The van der Waals surface area contributed by atoms with Gasteiger partial charge in [-0.25, -0.2) is 0 Å². The zero-order valence-electron chi connectivity index (χ0n) is 15.7. The summed E-state index contributed by atoms with van der Waals surface area (Å²) in [6.07, 6.45) is 1.36. The molecule has 1 aromatic carbocycles. The average Bonchev–Trinajstić information content (AvgIpc) is 2.50. The van der Waals surface area contributed by atoms with E-state index in [4.69, 9.17) is 0 Å². The summed E-state index contributed by atoms with van der Waals surface area (Å²) in [6, 6.07) is 8.43. The van der Waals surface area contributed by atoms with Crippen molar-refractivity contribution in [2.45, 2.75) is 71.1 Å². The minimum atomic E-state index is -1.29. The minimum absolute atomic E-state index is 0.120. The fraction of sp³-hybridized carbons (Fsp3) is 0.650. The monoisotopic (exact) mass is 332 g/mol. The standard InChI is InChI=1S/C20H32N2O2/c1-15(2)17-9-7-16(8-10-17)13-22-12-6-11-20(24,18(22)23)14-21-19(3,4)5/h7-10,15,21,24H,6,11-14H2,1-5H3. The fourth-order valence-electron chi connectivity index (χ4n) is 3.02. The maximum absolute atomic E-state index is 12.8. The van der Waals surface area contributed by atoms with E-state index < -0.39 is 5.60 Å². The molecule has 0 spiro atoms. The van der Waals surface area contributed by atoms with Crippen LogP contribution >= 0.6 is 0 Å². The van der Waals surface area contributed by atoms with Crippen LogP contribution in [0.25, 0.3) is 0 Å². The quantitative estimate of drug-likeness (QED) is 0.871. The van der Waals surface area contributed by atoms with Crippen molar-refractivity contribution < 1.29 is 9.90 Å². The predicted octanol–water partition coefficient (Wildman–Crippen LogP) is 3.05. The number of piperidine rings is 1. The first-order chi connectivity index (χ1) is 11.1. The van der Waals surface area contributed by atoms with Crippen molar-refractivity contribution in [2.24, 2.45) is 0 Å². The van der Waals surface area contributed by atoms with Gasteiger partial charge in [-0.3, -0.25) is 4.79 Å². The zero-order valence-corrected chi connectivity index (χ0v) is 15.7. The topological polar surface area (TPSA) is 52.6 Å². The third-order valence-electron chi connectivity index (χ3n) is 4.63. The van der Waals surface area contributed by atoms with Gasteiger partial charge in [-0.15, -0.1) is 0 Å². The largest absolute Gasteiger partial charge is 0.379 e. The molecule has 1 aliphatic rings. The van der Waals surface area contributed by atoms with Crippen LogP contribution < -0.4 is 5.32 Å². The molecule has 0 aromatic heterocycles. The minimum Gasteiger partial charge on any atom is -0.379 e. The van der Waals surface area contributed by atoms with Gasteiger partial charge in [0.05, 0.1) is 0 Å². The molecule has 1 aromatic rings. The van der Waals surface area contributed by atoms with Gasteiger partial charge in [0.2, 0.25) is 0 Å². The van der Waals surface area contributed by atoms with Crippen LogP contribution in [0, 0.1) is 0 Å². The first-order valence-electron chi connectivity index (χ1n) is 8.96. The Balaban J connectivity index is 2.04. The maximum Gasteiger partial charge on any atom is 0.256 e. The van der Waals surface area contributed by atoms with Crippen LogP contribution in [-0.2, 0) is 11.3 Å². The molecular formula is C20H32N2O2. The third kappa shape index (κ3) is 4.81. The molecular weight excluding hydrogens is 300 g/mol. The molecule has 1 aliphatic heterocycles. The molecule has 0 saturated carbocycles. The van der Waals surface area contributed by atoms with Crippen LogP contribution in [0.3, 0.4) is 0 Å². The van der Waals surface area contributed by atoms with Crippen molar-refractivity contribution in [1.29, 1.82) is 0 Å². The Morgan fingerprint density at radius 3 is 2.42 bits per heavy atom. The highest BCUT2D eigenvalue weighted by Gasteiger charge is 2.42. The second-order valence-electron chi connectivity index (χ2n) is 8.36. The summed E-state index contributed by atoms with van der Waals surface area (Å²) in [6.45, 7) is 12.0. The highest BCUT2D eigenvalue weighted by molar-refractivity contribution is 5.86. The first-order valence-corrected chi connectivity index (χ1v) is 8.96. The molecule has 1 unspecified atom stereocenters. The van der Waals surface area contributed by atoms with Crippen LogP contribution in [0.2, 0.25) is 0 Å². The van der Waals surface area contributed by atoms with E-state index in [1.807, 2.05) is 20.8 Å². The number of carbonyl (C=O) groups is 1. The van der Waals surface area contributed by atoms with Gasteiger partial charge < -0.3 is 15.3 Å². The van der Waals surface area contributed by atoms with Crippen molar-refractivity contribution >= 4 is 5.91 Å². The lowest BCUT2D eigenvalue weighted by atomic mass is 9.90. The second kappa shape index (κ2) is 7.24. The smallest absolute Gasteiger partial charge is 0.256 e. The fourth-order valence-corrected chi connectivity index (χ4v) is 3.02. The van der Waals surface area contributed by atoms with Gasteiger partial charge in [0.1, 0.15) is 0 Å². The first kappa shape index (κ1) is 18.9. The van der Waals surface area contributed by atoms with Crippen molar-refractivity contribution in [1.82, 2.24) is 10.2 Å². The average molecular weight is 332 g/mol. The summed E-state index contributed by atoms with van der Waals surface area (Å²) in [7, 11) is 0. The summed E-state index contributed by atoms with van der Waals surface area (Å²) < 4.78 is 0. The molecule has 1 heterocycles. The van der Waals surface area contributed by atoms with Crippen LogP contribution in [-0.4, -0.2) is 40.1 Å². The van der Waals surface area contributed by atoms with Crippen LogP contribution in [0.4, 0.5) is 0 Å². The molecule has 1 fully saturated rings. The van der Waals surface area contributed by atoms with Crippen molar-refractivity contribution in [2.75, 3.05) is 13.1 Å². The summed E-state index contributed by atoms with van der Waals surface area (Å²) in [4.78, 5) is 14.6. The van der Waals surface area contributed by atoms with Crippen LogP contribution in [0.1, 0.15) is 64.5 Å². The summed E-state index contributed by atoms with van der Waals surface area (Å²) in [5.41, 5.74) is 1.00. The van der Waals surface area contributed by atoms with Crippen molar-refractivity contribution in [3.05, 3.63) is 35.4 Å². The molecule has 24 heavy (non-hydrogen) atoms. The molecule has 134 valence electrons. The molecule has 4 heteroatoms. The zero-order chi connectivity index (χ0) is 18.0. The molecule has 0 aliphatic carbocycles. The number of hydrogen-bond acceptors (Lipinski definition) is 3. The molecule has 0 radical (unpaired) electrons. The number of β-amino-alcohol motifs (C(OH)–C–C–N with tert-alkyl or cyclic N) is 1. The molecule has 1 saturated heterocycles. The number of carbonyl (C=O) groups excluding carboxylic acids is 1. The SMILES string of the molecule is CC(C)c1ccc(CN2CCCC(O)(CNC(C)(C)C)C2=O)cc1. The number of rotatable bonds is 5. The number of benzene rings is 1. The number of amides is 1. The van der Waals surface area contributed by atoms with E-state index in [9.17, 15) is 9.90 Å². The summed E-state index contributed by atoms with van der Waals surface area (Å²) in [5.74, 6) is 0.350. The van der Waals surface area contributed by atoms with E-state index in [2.05, 4.69) is 43.4 Å². The summed E-state index contributed by atoms with van der Waals surface area (Å²) in [5, 5.41) is 14.1. The van der Waals surface area contributed by atoms with Gasteiger partial charge in [-0.05, 0) is 50.7 Å². The second-order valence-corrected chi connectivity index (χ2v) is 8.36. The van der Waals surface area contributed by atoms with Gasteiger partial charge in [0.25, 0.3) is 5.91 Å². The van der Waals surface area contributed by atoms with Crippen LogP contribution in [0.15, 0.2) is 24.3 Å². The molecule has 1 atom stereocenters. The van der Waals surface area contributed by atoms with Gasteiger partial charge in [0.15, 0.2) is 5.60 Å². The Morgan fingerprint density at radius 1 is 1.25 bits per heavy atom. The molecule has 4 nitrogen and oxygen atoms in total. The molecule has 0 bridgehead atoms. The number of nitrogens with zero attached hydrogens (tertiary/aromatic N) is 1. The van der Waals surface area contributed by atoms with Gasteiger partial charge >= 0.3 is 0 Å². The van der Waals surface area contributed by atoms with E-state index in [1.54, 1.807) is 4.90 Å². The molecule has 2 rings (SSSR count). The van der Waals surface area contributed by atoms with E-state index in [-0.39, 0.29) is 11.4 Å². The van der Waals surface area contributed by atoms with Crippen molar-refractivity contribution in [3.8, 4) is 0 Å². The number of likely N-dealkylation sites (tertiary alicyclic amines) is 1. The lowest BCUT2D eigenvalue weighted by molar-refractivity contribution is -0.157. The Bertz CT molecular complexity index is 560. The van der Waals surface area contributed by atoms with Gasteiger partial charge in [-0.2, -0.15) is 0 Å². The maximum atomic E-state index is 12.8. The normalized spacial score (nSPS) is 22.3. The highest BCUT2D eigenvalue weighted by Crippen LogP contribution is 2.25. The Morgan fingerprint density at radius 2 is 1.88 bits per heavy atom. The Labute approximate surface area is 146 Å². The van der Waals surface area contributed by atoms with Crippen LogP contribution in [0.5, 0.6) is 0 Å². The van der Waals surface area contributed by atoms with E-state index in [0.717, 1.165) is 12.0 Å². The molecule has 2 N–H and O–H groups in total. The van der Waals surface area contributed by atoms with E-state index >= 15 is 0 Å². The Hall–Kier alpha value is -1.39. The Kier molecular flexibility index (Phi) is 5.71. The van der Waals surface area contributed by atoms with E-state index in [1.165, 1.54) is 5.56 Å². The lowest BCUT2D eigenvalue weighted by Gasteiger charge is -2.39. The summed E-state index contributed by atoms with van der Waals surface area (Å²) >= 11 is 0. The van der Waals surface area contributed by atoms with Crippen molar-refractivity contribution in [3.63, 3.8) is 0 Å². The highest BCUT2D eigenvalue weighted by atomic mass is 16.3. The number of aliphatic hydroxyl groups is 1. The number of nitrogens with one attached hydrogen (secondary N) is 1.